The average Bonchev–Trinajstić information content (AvgIpc) is 0.918. The summed E-state index contributed by atoms with van der Waals surface area (Å²) in [4.78, 5) is 0. The predicted octanol–water partition coefficient (Wildman–Crippen LogP) is -1.28. The molecule has 0 aliphatic heterocycles. The Labute approximate surface area is 86.9 Å². The van der Waals surface area contributed by atoms with Crippen LogP contribution in [0.3, 0.4) is 0 Å². The third-order valence-electron chi connectivity index (χ3n) is 0. The molecule has 8 heavy (non-hydrogen) atoms. The average molecular weight is 323 g/mol. The van der Waals surface area contributed by atoms with Crippen LogP contribution in [0.4, 0.5) is 0 Å². The van der Waals surface area contributed by atoms with Crippen LogP contribution < -0.4 is 5.32 Å². The molecule has 0 rings (SSSR count). The second-order valence-electron chi connectivity index (χ2n) is 0.500. The van der Waals surface area contributed by atoms with Gasteiger partial charge in [-0.3, -0.25) is 0 Å². The van der Waals surface area contributed by atoms with Crippen molar-refractivity contribution < 1.29 is 16.4 Å². The molecule has 0 radical (unpaired) electrons. The molecule has 0 aliphatic carbocycles. The molecule has 0 aromatic heterocycles. The van der Waals surface area contributed by atoms with Crippen LogP contribution in [-0.2, 0) is 16.4 Å². The minimum absolute atomic E-state index is 0. The van der Waals surface area contributed by atoms with E-state index in [0.717, 1.165) is 0 Å². The number of hydrogen-bond donors (Lipinski definition) is 1. The maximum atomic E-state index is 2.75. The van der Waals surface area contributed by atoms with Crippen molar-refractivity contribution in [2.45, 2.75) is 0 Å². The molecule has 4 nitrogen and oxygen atoms in total. The second-order valence-corrected chi connectivity index (χ2v) is 0.500. The largest absolute Gasteiger partial charge is 3.00 e. The quantitative estimate of drug-likeness (QED) is 0.590. The first-order chi connectivity index (χ1) is 1.41. The van der Waals surface area contributed by atoms with Crippen molar-refractivity contribution in [3.05, 3.63) is 0 Å². The molecule has 0 saturated heterocycles. The Balaban J connectivity index is -0.00000000200. The summed E-state index contributed by atoms with van der Waals surface area (Å²) in [6.45, 7) is 0. The topological polar surface area (TPSA) is 97.5 Å². The van der Waals surface area contributed by atoms with Crippen molar-refractivity contribution in [1.82, 2.24) is 5.32 Å². The van der Waals surface area contributed by atoms with E-state index < -0.39 is 0 Å². The maximum Gasteiger partial charge on any atom is 3.00 e. The van der Waals surface area contributed by atoms with E-state index >= 15 is 0 Å². The maximum absolute atomic E-state index is 2.75. The Morgan fingerprint density at radius 2 is 0.750 bits per heavy atom. The standard InChI is InChI=1S/C2H7N.2In.3O/c1-3-2;;;;;/h3H,1-2H3;;;;;/q;2*+3;3*-2. The molecule has 0 spiro atoms. The smallest absolute Gasteiger partial charge is 2.00 e. The Kier molecular flexibility index (Phi) is 509. The minimum atomic E-state index is 0. The first-order valence-corrected chi connectivity index (χ1v) is 1.00. The molecule has 1 N–H and O–H groups in total. The van der Waals surface area contributed by atoms with E-state index in [1.807, 2.05) is 14.1 Å². The molecule has 0 fully saturated rings. The van der Waals surface area contributed by atoms with Gasteiger partial charge in [0.25, 0.3) is 0 Å². The van der Waals surface area contributed by atoms with Crippen molar-refractivity contribution in [1.29, 1.82) is 0 Å². The first kappa shape index (κ1) is 55.0. The monoisotopic (exact) mass is 323 g/mol. The van der Waals surface area contributed by atoms with Gasteiger partial charge in [0.1, 0.15) is 0 Å². The van der Waals surface area contributed by atoms with E-state index in [1.54, 1.807) is 0 Å². The van der Waals surface area contributed by atoms with Gasteiger partial charge in [0.15, 0.2) is 0 Å². The van der Waals surface area contributed by atoms with E-state index in [0.29, 0.717) is 0 Å². The number of rotatable bonds is 0. The van der Waals surface area contributed by atoms with Gasteiger partial charge in [0.2, 0.25) is 0 Å². The summed E-state index contributed by atoms with van der Waals surface area (Å²) in [7, 11) is 3.75. The molecule has 0 atom stereocenters. The number of hydrogen-bond acceptors (Lipinski definition) is 1. The van der Waals surface area contributed by atoms with Crippen LogP contribution in [-0.4, -0.2) is 65.8 Å². The summed E-state index contributed by atoms with van der Waals surface area (Å²) in [5, 5.41) is 2.75. The van der Waals surface area contributed by atoms with Crippen LogP contribution in [0.2, 0.25) is 0 Å². The molecule has 0 unspecified atom stereocenters. The van der Waals surface area contributed by atoms with E-state index in [9.17, 15) is 0 Å². The van der Waals surface area contributed by atoms with Gasteiger partial charge in [-0.25, -0.2) is 0 Å². The molecule has 0 amide bonds. The van der Waals surface area contributed by atoms with Gasteiger partial charge in [-0.2, -0.15) is 0 Å². The summed E-state index contributed by atoms with van der Waals surface area (Å²) >= 11 is 0. The molecule has 0 aromatic rings. The number of nitrogens with one attached hydrogen (secondary N) is 1. The van der Waals surface area contributed by atoms with Crippen molar-refractivity contribution in [2.24, 2.45) is 0 Å². The van der Waals surface area contributed by atoms with Gasteiger partial charge in [-0.05, 0) is 14.1 Å². The fourth-order valence-electron chi connectivity index (χ4n) is 0. The van der Waals surface area contributed by atoms with Gasteiger partial charge in [-0.1, -0.05) is 0 Å². The molecule has 44 valence electrons. The van der Waals surface area contributed by atoms with Crippen LogP contribution in [0.1, 0.15) is 0 Å². The van der Waals surface area contributed by atoms with Crippen LogP contribution >= 0.6 is 0 Å². The zero-order valence-corrected chi connectivity index (χ0v) is 11.5. The molecular weight excluding hydrogens is 316 g/mol. The molecule has 0 aliphatic rings. The molecule has 0 saturated carbocycles. The van der Waals surface area contributed by atoms with E-state index in [2.05, 4.69) is 5.32 Å². The SMILES string of the molecule is CNC.[In+3].[In+3].[O-2].[O-2].[O-2]. The third-order valence-corrected chi connectivity index (χ3v) is 0. The summed E-state index contributed by atoms with van der Waals surface area (Å²) in [5.41, 5.74) is 0. The van der Waals surface area contributed by atoms with Crippen molar-refractivity contribution >= 4 is 51.7 Å². The van der Waals surface area contributed by atoms with E-state index in [1.165, 1.54) is 0 Å². The van der Waals surface area contributed by atoms with Crippen molar-refractivity contribution in [3.8, 4) is 0 Å². The molecular formula is C2H7In2NO3. The van der Waals surface area contributed by atoms with Gasteiger partial charge in [0.05, 0.1) is 0 Å². The molecule has 0 aromatic carbocycles. The molecule has 0 heterocycles. The van der Waals surface area contributed by atoms with Crippen LogP contribution in [0, 0.1) is 0 Å². The zero-order chi connectivity index (χ0) is 2.71. The Hall–Kier alpha value is 1.58. The summed E-state index contributed by atoms with van der Waals surface area (Å²) in [6.07, 6.45) is 0. The van der Waals surface area contributed by atoms with Crippen molar-refractivity contribution in [3.63, 3.8) is 0 Å². The zero-order valence-electron chi connectivity index (χ0n) is 4.88. The Morgan fingerprint density at radius 3 is 0.750 bits per heavy atom. The molecule has 0 bridgehead atoms. The van der Waals surface area contributed by atoms with Gasteiger partial charge >= 0.3 is 51.7 Å². The van der Waals surface area contributed by atoms with Crippen molar-refractivity contribution in [2.75, 3.05) is 14.1 Å². The van der Waals surface area contributed by atoms with Crippen LogP contribution in [0.5, 0.6) is 0 Å². The van der Waals surface area contributed by atoms with Crippen LogP contribution in [0.25, 0.3) is 0 Å². The third kappa shape index (κ3) is 131. The Bertz CT molecular complexity index is 15.2. The Morgan fingerprint density at radius 1 is 0.750 bits per heavy atom. The fraction of sp³-hybridized carbons (Fsp3) is 1.00. The second kappa shape index (κ2) is 74.1. The van der Waals surface area contributed by atoms with Gasteiger partial charge < -0.3 is 21.7 Å². The van der Waals surface area contributed by atoms with Crippen LogP contribution in [0.15, 0.2) is 0 Å². The normalized spacial score (nSPS) is 2.25. The predicted molar refractivity (Wildman–Crippen MR) is 28.6 cm³/mol. The summed E-state index contributed by atoms with van der Waals surface area (Å²) in [6, 6.07) is 0. The van der Waals surface area contributed by atoms with E-state index in [-0.39, 0.29) is 68.1 Å². The fourth-order valence-corrected chi connectivity index (χ4v) is 0. The first-order valence-electron chi connectivity index (χ1n) is 1.00. The summed E-state index contributed by atoms with van der Waals surface area (Å²) < 4.78 is 0. The summed E-state index contributed by atoms with van der Waals surface area (Å²) in [5.74, 6) is 0. The van der Waals surface area contributed by atoms with Gasteiger partial charge in [0, 0.05) is 0 Å². The van der Waals surface area contributed by atoms with Gasteiger partial charge in [-0.15, -0.1) is 0 Å². The molecule has 6 heteroatoms. The van der Waals surface area contributed by atoms with E-state index in [4.69, 9.17) is 0 Å². The minimum Gasteiger partial charge on any atom is -2.00 e.